The van der Waals surface area contributed by atoms with E-state index in [9.17, 15) is 9.59 Å². The Morgan fingerprint density at radius 1 is 1.14 bits per heavy atom. The minimum absolute atomic E-state index is 0.0668. The summed E-state index contributed by atoms with van der Waals surface area (Å²) in [6, 6.07) is 9.57. The molecule has 0 spiro atoms. The molecule has 0 unspecified atom stereocenters. The maximum atomic E-state index is 12.0. The van der Waals surface area contributed by atoms with Crippen LogP contribution in [0, 0.1) is 0 Å². The number of carbonyl (C=O) groups excluding carboxylic acids is 2. The molecule has 2 aromatic rings. The first-order valence-electron chi connectivity index (χ1n) is 6.26. The van der Waals surface area contributed by atoms with Crippen LogP contribution in [0.25, 0.3) is 0 Å². The third-order valence-corrected chi connectivity index (χ3v) is 2.85. The SMILES string of the molecule is NCCNC(=O)c1ccccc1NC(=O)c1ccc(Cl)o1. The lowest BCUT2D eigenvalue weighted by molar-refractivity contribution is 0.0955. The van der Waals surface area contributed by atoms with Gasteiger partial charge in [-0.3, -0.25) is 9.59 Å². The Bertz CT molecular complexity index is 654. The fourth-order valence-corrected chi connectivity index (χ4v) is 1.84. The fraction of sp³-hybridized carbons (Fsp3) is 0.143. The van der Waals surface area contributed by atoms with Gasteiger partial charge in [-0.25, -0.2) is 0 Å². The Hall–Kier alpha value is -2.31. The second kappa shape index (κ2) is 6.92. The summed E-state index contributed by atoms with van der Waals surface area (Å²) in [6.07, 6.45) is 0. The number of benzene rings is 1. The number of furan rings is 1. The van der Waals surface area contributed by atoms with Gasteiger partial charge >= 0.3 is 0 Å². The molecule has 7 heteroatoms. The van der Waals surface area contributed by atoms with Crippen molar-refractivity contribution in [2.75, 3.05) is 18.4 Å². The number of nitrogens with one attached hydrogen (secondary N) is 2. The Balaban J connectivity index is 2.16. The van der Waals surface area contributed by atoms with E-state index in [1.165, 1.54) is 12.1 Å². The molecule has 110 valence electrons. The first kappa shape index (κ1) is 15.1. The average molecular weight is 308 g/mol. The van der Waals surface area contributed by atoms with E-state index in [0.29, 0.717) is 24.3 Å². The highest BCUT2D eigenvalue weighted by Gasteiger charge is 2.15. The van der Waals surface area contributed by atoms with Gasteiger partial charge in [0.15, 0.2) is 11.0 Å². The van der Waals surface area contributed by atoms with Crippen LogP contribution in [0.2, 0.25) is 5.22 Å². The molecule has 2 rings (SSSR count). The topological polar surface area (TPSA) is 97.4 Å². The van der Waals surface area contributed by atoms with Gasteiger partial charge in [0.1, 0.15) is 0 Å². The highest BCUT2D eigenvalue weighted by atomic mass is 35.5. The van der Waals surface area contributed by atoms with Crippen LogP contribution in [0.5, 0.6) is 0 Å². The van der Waals surface area contributed by atoms with Gasteiger partial charge in [-0.05, 0) is 35.9 Å². The van der Waals surface area contributed by atoms with Crippen molar-refractivity contribution in [2.24, 2.45) is 5.73 Å². The van der Waals surface area contributed by atoms with Crippen LogP contribution in [0.3, 0.4) is 0 Å². The fourth-order valence-electron chi connectivity index (χ4n) is 1.69. The quantitative estimate of drug-likeness (QED) is 0.785. The molecule has 0 saturated heterocycles. The molecule has 1 aromatic heterocycles. The first-order valence-corrected chi connectivity index (χ1v) is 6.63. The van der Waals surface area contributed by atoms with E-state index in [4.69, 9.17) is 21.8 Å². The van der Waals surface area contributed by atoms with Gasteiger partial charge in [0.05, 0.1) is 11.3 Å². The molecule has 0 saturated carbocycles. The van der Waals surface area contributed by atoms with Crippen LogP contribution in [0.15, 0.2) is 40.8 Å². The highest BCUT2D eigenvalue weighted by molar-refractivity contribution is 6.29. The summed E-state index contributed by atoms with van der Waals surface area (Å²) in [5, 5.41) is 5.38. The van der Waals surface area contributed by atoms with E-state index in [1.807, 2.05) is 0 Å². The number of nitrogens with two attached hydrogens (primary N) is 1. The van der Waals surface area contributed by atoms with E-state index in [1.54, 1.807) is 24.3 Å². The molecule has 21 heavy (non-hydrogen) atoms. The molecule has 6 nitrogen and oxygen atoms in total. The van der Waals surface area contributed by atoms with Crippen LogP contribution >= 0.6 is 11.6 Å². The van der Waals surface area contributed by atoms with Gasteiger partial charge in [-0.1, -0.05) is 12.1 Å². The number of carbonyl (C=O) groups is 2. The molecule has 0 aliphatic rings. The molecule has 0 aliphatic carbocycles. The van der Waals surface area contributed by atoms with Crippen molar-refractivity contribution < 1.29 is 14.0 Å². The van der Waals surface area contributed by atoms with E-state index in [0.717, 1.165) is 0 Å². The molecule has 0 atom stereocenters. The van der Waals surface area contributed by atoms with Crippen molar-refractivity contribution in [3.05, 3.63) is 52.9 Å². The Morgan fingerprint density at radius 3 is 2.57 bits per heavy atom. The zero-order chi connectivity index (χ0) is 15.2. The van der Waals surface area contributed by atoms with E-state index >= 15 is 0 Å². The lowest BCUT2D eigenvalue weighted by atomic mass is 10.1. The first-order chi connectivity index (χ1) is 10.1. The largest absolute Gasteiger partial charge is 0.440 e. The molecular weight excluding hydrogens is 294 g/mol. The Kier molecular flexibility index (Phi) is 4.97. The molecule has 1 heterocycles. The van der Waals surface area contributed by atoms with Crippen molar-refractivity contribution in [3.8, 4) is 0 Å². The number of amides is 2. The van der Waals surface area contributed by atoms with Crippen molar-refractivity contribution in [2.45, 2.75) is 0 Å². The number of para-hydroxylation sites is 1. The third-order valence-electron chi connectivity index (χ3n) is 2.65. The average Bonchev–Trinajstić information content (AvgIpc) is 2.92. The van der Waals surface area contributed by atoms with Gasteiger partial charge in [-0.15, -0.1) is 0 Å². The summed E-state index contributed by atoms with van der Waals surface area (Å²) < 4.78 is 5.02. The summed E-state index contributed by atoms with van der Waals surface area (Å²) >= 11 is 5.62. The molecule has 0 aliphatic heterocycles. The lowest BCUT2D eigenvalue weighted by Gasteiger charge is -2.10. The molecule has 4 N–H and O–H groups in total. The Morgan fingerprint density at radius 2 is 1.90 bits per heavy atom. The number of anilines is 1. The van der Waals surface area contributed by atoms with Gasteiger partial charge in [0.2, 0.25) is 0 Å². The lowest BCUT2D eigenvalue weighted by Crippen LogP contribution is -2.29. The van der Waals surface area contributed by atoms with Gasteiger partial charge in [0, 0.05) is 13.1 Å². The predicted octanol–water partition coefficient (Wildman–Crippen LogP) is 1.87. The van der Waals surface area contributed by atoms with Crippen molar-refractivity contribution in [1.82, 2.24) is 5.32 Å². The second-order valence-electron chi connectivity index (χ2n) is 4.15. The predicted molar refractivity (Wildman–Crippen MR) is 79.5 cm³/mol. The van der Waals surface area contributed by atoms with Crippen molar-refractivity contribution in [3.63, 3.8) is 0 Å². The summed E-state index contributed by atoms with van der Waals surface area (Å²) in [5.74, 6) is -0.730. The van der Waals surface area contributed by atoms with Crippen LogP contribution in [0.4, 0.5) is 5.69 Å². The molecule has 0 bridgehead atoms. The minimum Gasteiger partial charge on any atom is -0.440 e. The van der Waals surface area contributed by atoms with Crippen molar-refractivity contribution in [1.29, 1.82) is 0 Å². The molecule has 0 fully saturated rings. The number of rotatable bonds is 5. The van der Waals surface area contributed by atoms with Gasteiger partial charge in [0.25, 0.3) is 11.8 Å². The summed E-state index contributed by atoms with van der Waals surface area (Å²) in [4.78, 5) is 24.0. The smallest absolute Gasteiger partial charge is 0.291 e. The monoisotopic (exact) mass is 307 g/mol. The van der Waals surface area contributed by atoms with Crippen LogP contribution < -0.4 is 16.4 Å². The van der Waals surface area contributed by atoms with Gasteiger partial charge < -0.3 is 20.8 Å². The second-order valence-corrected chi connectivity index (χ2v) is 4.52. The summed E-state index contributed by atoms with van der Waals surface area (Å²) in [5.41, 5.74) is 6.07. The van der Waals surface area contributed by atoms with E-state index in [-0.39, 0.29) is 16.9 Å². The standard InChI is InChI=1S/C14H14ClN3O3/c15-12-6-5-11(21-12)14(20)18-10-4-2-1-3-9(10)13(19)17-8-7-16/h1-6H,7-8,16H2,(H,17,19)(H,18,20). The summed E-state index contributed by atoms with van der Waals surface area (Å²) in [6.45, 7) is 0.695. The molecular formula is C14H14ClN3O3. The van der Waals surface area contributed by atoms with E-state index < -0.39 is 5.91 Å². The zero-order valence-electron chi connectivity index (χ0n) is 11.1. The van der Waals surface area contributed by atoms with Crippen LogP contribution in [-0.4, -0.2) is 24.9 Å². The highest BCUT2D eigenvalue weighted by Crippen LogP contribution is 2.18. The summed E-state index contributed by atoms with van der Waals surface area (Å²) in [7, 11) is 0. The molecule has 2 amide bonds. The zero-order valence-corrected chi connectivity index (χ0v) is 11.8. The number of halogens is 1. The minimum atomic E-state index is -0.485. The van der Waals surface area contributed by atoms with Crippen molar-refractivity contribution >= 4 is 29.1 Å². The molecule has 1 aromatic carbocycles. The van der Waals surface area contributed by atoms with Crippen LogP contribution in [0.1, 0.15) is 20.9 Å². The van der Waals surface area contributed by atoms with Gasteiger partial charge in [-0.2, -0.15) is 0 Å². The molecule has 0 radical (unpaired) electrons. The Labute approximate surface area is 126 Å². The van der Waals surface area contributed by atoms with E-state index in [2.05, 4.69) is 10.6 Å². The third kappa shape index (κ3) is 3.84. The number of hydrogen-bond donors (Lipinski definition) is 3. The maximum absolute atomic E-state index is 12.0. The van der Waals surface area contributed by atoms with Crippen LogP contribution in [-0.2, 0) is 0 Å². The maximum Gasteiger partial charge on any atom is 0.291 e. The normalized spacial score (nSPS) is 10.2. The number of hydrogen-bond acceptors (Lipinski definition) is 4.